The Labute approximate surface area is 66.5 Å². The quantitative estimate of drug-likeness (QED) is 0.416. The minimum atomic E-state index is -6.56. The van der Waals surface area contributed by atoms with E-state index in [1.165, 1.54) is 0 Å². The summed E-state index contributed by atoms with van der Waals surface area (Å²) >= 11 is 0. The fourth-order valence-corrected chi connectivity index (χ4v) is 0.321. The fraction of sp³-hybridized carbons (Fsp3) is 0.750. The van der Waals surface area contributed by atoms with Crippen molar-refractivity contribution in [2.75, 3.05) is 0 Å². The number of hydrogen-bond donors (Lipinski definition) is 1. The minimum absolute atomic E-state index is 3.28. The van der Waals surface area contributed by atoms with Crippen LogP contribution in [0.25, 0.3) is 0 Å². The van der Waals surface area contributed by atoms with Crippen LogP contribution >= 0.6 is 0 Å². The zero-order chi connectivity index (χ0) is 11.1. The van der Waals surface area contributed by atoms with Gasteiger partial charge in [-0.15, -0.1) is 0 Å². The molecule has 9 heteroatoms. The second-order valence-electron chi connectivity index (χ2n) is 1.98. The molecule has 0 amide bonds. The highest BCUT2D eigenvalue weighted by molar-refractivity contribution is 5.77. The molecule has 78 valence electrons. The summed E-state index contributed by atoms with van der Waals surface area (Å²) in [6, 6.07) is 0. The van der Waals surface area contributed by atoms with E-state index < -0.39 is 23.9 Å². The maximum Gasteiger partial charge on any atom is 0.460 e. The smallest absolute Gasteiger partial charge is 0.460 e. The molecule has 1 N–H and O–H groups in total. The molecule has 0 rings (SSSR count). The molecule has 0 aliphatic rings. The first-order valence-electron chi connectivity index (χ1n) is 2.53. The summed E-state index contributed by atoms with van der Waals surface area (Å²) in [5, 5.41) is 15.0. The Hall–Kier alpha value is -1.02. The Bertz CT molecular complexity index is 219. The van der Waals surface area contributed by atoms with Crippen LogP contribution in [0.15, 0.2) is 0 Å². The molecule has 0 fully saturated rings. The van der Waals surface area contributed by atoms with E-state index in [-0.39, 0.29) is 0 Å². The Morgan fingerprint density at radius 2 is 1.23 bits per heavy atom. The third-order valence-corrected chi connectivity index (χ3v) is 1.04. The van der Waals surface area contributed by atoms with Crippen LogP contribution in [0.3, 0.4) is 0 Å². The average Bonchev–Trinajstić information content (AvgIpc) is 1.84. The molecule has 0 atom stereocenters. The van der Waals surface area contributed by atoms with Gasteiger partial charge >= 0.3 is 18.0 Å². The molecule has 2 nitrogen and oxygen atoms in total. The number of rotatable bonds is 2. The van der Waals surface area contributed by atoms with Crippen molar-refractivity contribution in [2.24, 2.45) is 0 Å². The van der Waals surface area contributed by atoms with Crippen LogP contribution in [0.1, 0.15) is 0 Å². The maximum atomic E-state index is 11.8. The van der Waals surface area contributed by atoms with Gasteiger partial charge in [0.15, 0.2) is 0 Å². The number of alkyl halides is 7. The predicted octanol–water partition coefficient (Wildman–Crippen LogP) is 1.16. The SMILES string of the molecule is N=C([O-])C(F)(F)C(F)(F)C(F)(F)F. The van der Waals surface area contributed by atoms with E-state index in [4.69, 9.17) is 5.41 Å². The second kappa shape index (κ2) is 2.74. The minimum Gasteiger partial charge on any atom is -0.858 e. The van der Waals surface area contributed by atoms with Crippen LogP contribution in [0.5, 0.6) is 0 Å². The van der Waals surface area contributed by atoms with Gasteiger partial charge < -0.3 is 10.5 Å². The van der Waals surface area contributed by atoms with E-state index >= 15 is 0 Å². The Kier molecular flexibility index (Phi) is 2.52. The van der Waals surface area contributed by atoms with Crippen LogP contribution in [0.2, 0.25) is 0 Å². The largest absolute Gasteiger partial charge is 0.858 e. The highest BCUT2D eigenvalue weighted by Crippen LogP contribution is 2.46. The summed E-state index contributed by atoms with van der Waals surface area (Å²) in [7, 11) is 0. The zero-order valence-corrected chi connectivity index (χ0v) is 5.55. The molecule has 0 aromatic carbocycles. The van der Waals surface area contributed by atoms with Crippen molar-refractivity contribution in [1.29, 1.82) is 5.41 Å². The lowest BCUT2D eigenvalue weighted by Gasteiger charge is -2.30. The summed E-state index contributed by atoms with van der Waals surface area (Å²) < 4.78 is 80.8. The van der Waals surface area contributed by atoms with Gasteiger partial charge in [0.2, 0.25) is 0 Å². The summed E-state index contributed by atoms with van der Waals surface area (Å²) in [5.41, 5.74) is 0. The standard InChI is InChI=1S/C4H2F7NO/c5-2(6,1(12)13)3(7,8)4(9,10)11/h(H2,12,13)/p-1. The molecule has 0 unspecified atom stereocenters. The van der Waals surface area contributed by atoms with Crippen molar-refractivity contribution in [2.45, 2.75) is 18.0 Å². The van der Waals surface area contributed by atoms with Crippen LogP contribution in [-0.4, -0.2) is 23.9 Å². The average molecular weight is 212 g/mol. The molecule has 0 aromatic heterocycles. The van der Waals surface area contributed by atoms with Gasteiger partial charge in [-0.05, 0) is 0 Å². The van der Waals surface area contributed by atoms with Crippen molar-refractivity contribution < 1.29 is 35.8 Å². The van der Waals surface area contributed by atoms with E-state index in [9.17, 15) is 35.8 Å². The first-order valence-corrected chi connectivity index (χ1v) is 2.53. The molecule has 0 saturated carbocycles. The third kappa shape index (κ3) is 1.68. The predicted molar refractivity (Wildman–Crippen MR) is 23.7 cm³/mol. The van der Waals surface area contributed by atoms with Gasteiger partial charge in [-0.25, -0.2) is 0 Å². The Morgan fingerprint density at radius 1 is 0.923 bits per heavy atom. The molecule has 13 heavy (non-hydrogen) atoms. The Morgan fingerprint density at radius 3 is 1.31 bits per heavy atom. The van der Waals surface area contributed by atoms with E-state index in [1.54, 1.807) is 0 Å². The summed E-state index contributed by atoms with van der Waals surface area (Å²) in [6.45, 7) is 0. The molecule has 0 radical (unpaired) electrons. The summed E-state index contributed by atoms with van der Waals surface area (Å²) in [5.74, 6) is -15.8. The Balaban J connectivity index is 5.16. The fourth-order valence-electron chi connectivity index (χ4n) is 0.321. The van der Waals surface area contributed by atoms with E-state index in [1.807, 2.05) is 0 Å². The lowest BCUT2D eigenvalue weighted by Crippen LogP contribution is -2.59. The van der Waals surface area contributed by atoms with Crippen molar-refractivity contribution in [3.8, 4) is 0 Å². The van der Waals surface area contributed by atoms with E-state index in [0.29, 0.717) is 0 Å². The number of halogens is 7. The van der Waals surface area contributed by atoms with Crippen molar-refractivity contribution in [1.82, 2.24) is 0 Å². The van der Waals surface area contributed by atoms with Crippen molar-refractivity contribution >= 4 is 5.90 Å². The first-order chi connectivity index (χ1) is 5.44. The molecule has 0 bridgehead atoms. The third-order valence-electron chi connectivity index (χ3n) is 1.04. The topological polar surface area (TPSA) is 46.9 Å². The van der Waals surface area contributed by atoms with Crippen LogP contribution in [-0.2, 0) is 0 Å². The van der Waals surface area contributed by atoms with Crippen molar-refractivity contribution in [3.05, 3.63) is 0 Å². The summed E-state index contributed by atoms with van der Waals surface area (Å²) in [4.78, 5) is 0. The normalized spacial score (nSPS) is 14.4. The molecule has 0 spiro atoms. The van der Waals surface area contributed by atoms with Gasteiger partial charge in [-0.3, -0.25) is 0 Å². The molecule has 0 aliphatic heterocycles. The van der Waals surface area contributed by atoms with Gasteiger partial charge in [0.1, 0.15) is 0 Å². The van der Waals surface area contributed by atoms with Crippen LogP contribution in [0.4, 0.5) is 30.7 Å². The molecular weight excluding hydrogens is 211 g/mol. The monoisotopic (exact) mass is 212 g/mol. The molecule has 0 aromatic rings. The van der Waals surface area contributed by atoms with Gasteiger partial charge in [0.25, 0.3) is 0 Å². The first kappa shape index (κ1) is 12.0. The molecule has 0 heterocycles. The van der Waals surface area contributed by atoms with Gasteiger partial charge in [-0.2, -0.15) is 30.7 Å². The lowest BCUT2D eigenvalue weighted by molar-refractivity contribution is -0.358. The highest BCUT2D eigenvalue weighted by atomic mass is 19.4. The van der Waals surface area contributed by atoms with E-state index in [0.717, 1.165) is 0 Å². The maximum absolute atomic E-state index is 11.8. The van der Waals surface area contributed by atoms with Gasteiger partial charge in [0.05, 0.1) is 0 Å². The van der Waals surface area contributed by atoms with Gasteiger partial charge in [0, 0.05) is 5.90 Å². The van der Waals surface area contributed by atoms with E-state index in [2.05, 4.69) is 0 Å². The van der Waals surface area contributed by atoms with Crippen LogP contribution < -0.4 is 5.11 Å². The lowest BCUT2D eigenvalue weighted by atomic mass is 10.1. The summed E-state index contributed by atoms with van der Waals surface area (Å²) in [6.07, 6.45) is -6.56. The molecule has 0 aliphatic carbocycles. The van der Waals surface area contributed by atoms with Crippen molar-refractivity contribution in [3.63, 3.8) is 0 Å². The van der Waals surface area contributed by atoms with Gasteiger partial charge in [-0.1, -0.05) is 0 Å². The van der Waals surface area contributed by atoms with Crippen LogP contribution in [0, 0.1) is 5.41 Å². The second-order valence-corrected chi connectivity index (χ2v) is 1.98. The highest BCUT2D eigenvalue weighted by Gasteiger charge is 2.73. The molecule has 0 saturated heterocycles. The zero-order valence-electron chi connectivity index (χ0n) is 5.55. The molecular formula is C4HF7NO-. The number of nitrogens with one attached hydrogen (secondary N) is 1. The number of hydrogen-bond acceptors (Lipinski definition) is 2.